The highest BCUT2D eigenvalue weighted by Crippen LogP contribution is 2.27. The second-order valence-corrected chi connectivity index (χ2v) is 7.26. The van der Waals surface area contributed by atoms with Crippen LogP contribution in [-0.2, 0) is 4.79 Å². The molecule has 0 fully saturated rings. The van der Waals surface area contributed by atoms with E-state index in [1.54, 1.807) is 43.5 Å². The number of hydrogen-bond donors (Lipinski definition) is 2. The summed E-state index contributed by atoms with van der Waals surface area (Å²) in [6, 6.07) is 8.55. The van der Waals surface area contributed by atoms with Crippen LogP contribution in [0.2, 0.25) is 0 Å². The van der Waals surface area contributed by atoms with Crippen molar-refractivity contribution < 1.29 is 14.0 Å². The molecule has 2 heterocycles. The zero-order chi connectivity index (χ0) is 19.6. The maximum absolute atomic E-state index is 12.5. The van der Waals surface area contributed by atoms with Crippen LogP contribution in [0, 0.1) is 6.92 Å². The van der Waals surface area contributed by atoms with Crippen molar-refractivity contribution in [3.05, 3.63) is 47.9 Å². The summed E-state index contributed by atoms with van der Waals surface area (Å²) in [7, 11) is 0. The third-order valence-corrected chi connectivity index (χ3v) is 5.01. The minimum atomic E-state index is -0.476. The monoisotopic (exact) mass is 385 g/mol. The smallest absolute Gasteiger partial charge is 0.237 e. The third-order valence-electron chi connectivity index (χ3n) is 3.95. The predicted molar refractivity (Wildman–Crippen MR) is 103 cm³/mol. The zero-order valence-corrected chi connectivity index (χ0v) is 15.9. The highest BCUT2D eigenvalue weighted by molar-refractivity contribution is 8.00. The Labute approximate surface area is 160 Å². The van der Waals surface area contributed by atoms with Crippen molar-refractivity contribution in [3.63, 3.8) is 0 Å². The van der Waals surface area contributed by atoms with Crippen LogP contribution < -0.4 is 11.2 Å². The van der Waals surface area contributed by atoms with Gasteiger partial charge in [0.15, 0.2) is 11.6 Å². The number of carbonyl (C=O) groups excluding carboxylic acids is 2. The summed E-state index contributed by atoms with van der Waals surface area (Å²) >= 11 is 1.19. The summed E-state index contributed by atoms with van der Waals surface area (Å²) in [6.45, 7) is 5.03. The number of nitrogens with one attached hydrogen (secondary N) is 1. The molecule has 1 aromatic carbocycles. The van der Waals surface area contributed by atoms with Crippen LogP contribution in [0.25, 0.3) is 11.4 Å². The van der Waals surface area contributed by atoms with E-state index in [2.05, 4.69) is 15.5 Å². The van der Waals surface area contributed by atoms with Gasteiger partial charge in [-0.3, -0.25) is 9.59 Å². The summed E-state index contributed by atoms with van der Waals surface area (Å²) in [4.78, 5) is 23.9. The third kappa shape index (κ3) is 4.03. The van der Waals surface area contributed by atoms with Gasteiger partial charge in [-0.25, -0.2) is 4.68 Å². The van der Waals surface area contributed by atoms with Crippen molar-refractivity contribution in [1.29, 1.82) is 0 Å². The Balaban J connectivity index is 1.70. The second-order valence-electron chi connectivity index (χ2n) is 5.95. The summed E-state index contributed by atoms with van der Waals surface area (Å²) in [5, 5.41) is 10.9. The van der Waals surface area contributed by atoms with Gasteiger partial charge in [-0.1, -0.05) is 23.9 Å². The Morgan fingerprint density at radius 2 is 2.07 bits per heavy atom. The lowest BCUT2D eigenvalue weighted by atomic mass is 10.1. The van der Waals surface area contributed by atoms with Crippen LogP contribution in [0.4, 0.5) is 5.69 Å². The molecule has 1 amide bonds. The molecule has 0 radical (unpaired) electrons. The van der Waals surface area contributed by atoms with Gasteiger partial charge < -0.3 is 15.6 Å². The molecule has 0 saturated carbocycles. The molecule has 8 nitrogen and oxygen atoms in total. The molecule has 0 aliphatic heterocycles. The molecule has 9 heteroatoms. The van der Waals surface area contributed by atoms with Gasteiger partial charge in [-0.2, -0.15) is 0 Å². The van der Waals surface area contributed by atoms with E-state index in [4.69, 9.17) is 10.3 Å². The summed E-state index contributed by atoms with van der Waals surface area (Å²) in [5.74, 6) is 6.93. The van der Waals surface area contributed by atoms with Gasteiger partial charge >= 0.3 is 0 Å². The van der Waals surface area contributed by atoms with Crippen LogP contribution in [0.5, 0.6) is 0 Å². The molecule has 140 valence electrons. The van der Waals surface area contributed by atoms with Crippen LogP contribution in [0.1, 0.15) is 30.0 Å². The van der Waals surface area contributed by atoms with E-state index in [0.717, 1.165) is 5.56 Å². The SMILES string of the molecule is CC(=O)c1cccc(NC(=O)C(C)Sc2nnc(-c3ccoc3C)n2N)c1. The van der Waals surface area contributed by atoms with E-state index in [0.29, 0.717) is 28.0 Å². The standard InChI is InChI=1S/C18H19N5O3S/c1-10(24)13-5-4-6-14(9-13)20-17(25)12(3)27-18-22-21-16(23(18)19)15-7-8-26-11(15)2/h4-9,12H,19H2,1-3H3,(H,20,25). The molecule has 2 aromatic heterocycles. The van der Waals surface area contributed by atoms with E-state index in [9.17, 15) is 9.59 Å². The number of aryl methyl sites for hydroxylation is 1. The number of nitrogens with zero attached hydrogens (tertiary/aromatic N) is 3. The molecule has 1 unspecified atom stereocenters. The molecule has 3 aromatic rings. The minimum Gasteiger partial charge on any atom is -0.469 e. The lowest BCUT2D eigenvalue weighted by molar-refractivity contribution is -0.115. The van der Waals surface area contributed by atoms with Crippen molar-refractivity contribution in [2.24, 2.45) is 0 Å². The predicted octanol–water partition coefficient (Wildman–Crippen LogP) is 2.88. The highest BCUT2D eigenvalue weighted by atomic mass is 32.2. The quantitative estimate of drug-likeness (QED) is 0.381. The fourth-order valence-corrected chi connectivity index (χ4v) is 3.20. The first-order valence-corrected chi connectivity index (χ1v) is 9.08. The van der Waals surface area contributed by atoms with Gasteiger partial charge in [-0.05, 0) is 39.0 Å². The van der Waals surface area contributed by atoms with E-state index in [1.807, 2.05) is 6.92 Å². The van der Waals surface area contributed by atoms with Crippen LogP contribution in [0.15, 0.2) is 46.2 Å². The van der Waals surface area contributed by atoms with Gasteiger partial charge in [0.2, 0.25) is 11.1 Å². The number of benzene rings is 1. The molecular weight excluding hydrogens is 366 g/mol. The van der Waals surface area contributed by atoms with E-state index >= 15 is 0 Å². The summed E-state index contributed by atoms with van der Waals surface area (Å²) in [5.41, 5.74) is 1.84. The largest absolute Gasteiger partial charge is 0.469 e. The van der Waals surface area contributed by atoms with Crippen molar-refractivity contribution >= 4 is 29.1 Å². The molecule has 0 saturated heterocycles. The number of nitrogens with two attached hydrogens (primary N) is 1. The maximum Gasteiger partial charge on any atom is 0.237 e. The molecule has 1 atom stereocenters. The average Bonchev–Trinajstić information content (AvgIpc) is 3.21. The van der Waals surface area contributed by atoms with Crippen molar-refractivity contribution in [2.45, 2.75) is 31.2 Å². The van der Waals surface area contributed by atoms with Gasteiger partial charge in [0.05, 0.1) is 17.1 Å². The zero-order valence-electron chi connectivity index (χ0n) is 15.1. The Bertz CT molecular complexity index is 995. The maximum atomic E-state index is 12.5. The fraction of sp³-hybridized carbons (Fsp3) is 0.222. The number of amides is 1. The van der Waals surface area contributed by atoms with Crippen LogP contribution in [0.3, 0.4) is 0 Å². The van der Waals surface area contributed by atoms with Crippen LogP contribution in [-0.4, -0.2) is 31.8 Å². The van der Waals surface area contributed by atoms with Gasteiger partial charge in [-0.15, -0.1) is 10.2 Å². The molecule has 0 aliphatic rings. The van der Waals surface area contributed by atoms with Gasteiger partial charge in [0.25, 0.3) is 0 Å². The van der Waals surface area contributed by atoms with E-state index in [-0.39, 0.29) is 11.7 Å². The number of aromatic nitrogens is 3. The Morgan fingerprint density at radius 3 is 2.74 bits per heavy atom. The van der Waals surface area contributed by atoms with Gasteiger partial charge in [0, 0.05) is 11.3 Å². The van der Waals surface area contributed by atoms with Crippen molar-refractivity contribution in [3.8, 4) is 11.4 Å². The Hall–Kier alpha value is -3.07. The number of Topliss-reactive ketones (excluding diaryl/α,β-unsaturated/α-hetero) is 1. The molecule has 0 bridgehead atoms. The summed E-state index contributed by atoms with van der Waals surface area (Å²) < 4.78 is 6.60. The van der Waals surface area contributed by atoms with Crippen molar-refractivity contribution in [1.82, 2.24) is 14.9 Å². The number of ketones is 1. The lowest BCUT2D eigenvalue weighted by Gasteiger charge is -2.12. The topological polar surface area (TPSA) is 116 Å². The van der Waals surface area contributed by atoms with E-state index < -0.39 is 5.25 Å². The molecule has 27 heavy (non-hydrogen) atoms. The van der Waals surface area contributed by atoms with E-state index in [1.165, 1.54) is 23.4 Å². The number of nitrogen functional groups attached to an aromatic ring is 1. The Kier molecular flexibility index (Phi) is 5.31. The molecule has 0 spiro atoms. The number of hydrogen-bond acceptors (Lipinski definition) is 7. The Morgan fingerprint density at radius 1 is 1.30 bits per heavy atom. The molecule has 3 rings (SSSR count). The normalized spacial score (nSPS) is 12.0. The summed E-state index contributed by atoms with van der Waals surface area (Å²) in [6.07, 6.45) is 1.55. The number of anilines is 1. The fourth-order valence-electron chi connectivity index (χ4n) is 2.43. The molecule has 3 N–H and O–H groups in total. The first-order chi connectivity index (χ1) is 12.9. The average molecular weight is 385 g/mol. The second kappa shape index (κ2) is 7.67. The number of rotatable bonds is 6. The molecule has 0 aliphatic carbocycles. The van der Waals surface area contributed by atoms with Crippen molar-refractivity contribution in [2.75, 3.05) is 11.2 Å². The first kappa shape index (κ1) is 18.7. The number of thioether (sulfide) groups is 1. The number of carbonyl (C=O) groups is 2. The minimum absolute atomic E-state index is 0.0631. The lowest BCUT2D eigenvalue weighted by Crippen LogP contribution is -2.23. The van der Waals surface area contributed by atoms with Gasteiger partial charge in [0.1, 0.15) is 5.76 Å². The van der Waals surface area contributed by atoms with Crippen LogP contribution >= 0.6 is 11.8 Å². The number of furan rings is 1. The first-order valence-electron chi connectivity index (χ1n) is 8.20. The molecular formula is C18H19N5O3S. The highest BCUT2D eigenvalue weighted by Gasteiger charge is 2.21.